The van der Waals surface area contributed by atoms with E-state index in [0.717, 1.165) is 32.5 Å². The number of rotatable bonds is 8. The van der Waals surface area contributed by atoms with Crippen molar-refractivity contribution in [1.29, 1.82) is 0 Å². The minimum absolute atomic E-state index is 0.0595. The molecule has 118 valence electrons. The van der Waals surface area contributed by atoms with Crippen LogP contribution in [-0.4, -0.2) is 68.4 Å². The number of hydrogen-bond donors (Lipinski definition) is 0. The molecule has 0 aromatic rings. The standard InChI is InChI=1S/C14H28N2O3S/c1-4-8-16(9-5-2)10-6-14(17)15(3)13-7-11-20(18,19)12-13/h13H,4-12H2,1-3H3. The normalized spacial score (nSPS) is 21.3. The fourth-order valence-electron chi connectivity index (χ4n) is 2.68. The average molecular weight is 304 g/mol. The van der Waals surface area contributed by atoms with Gasteiger partial charge in [-0.1, -0.05) is 13.8 Å². The lowest BCUT2D eigenvalue weighted by molar-refractivity contribution is -0.131. The van der Waals surface area contributed by atoms with Gasteiger partial charge >= 0.3 is 0 Å². The first-order valence-electron chi connectivity index (χ1n) is 7.58. The predicted octanol–water partition coefficient (Wildman–Crippen LogP) is 1.14. The number of sulfone groups is 1. The highest BCUT2D eigenvalue weighted by Crippen LogP contribution is 2.17. The molecule has 1 heterocycles. The zero-order valence-corrected chi connectivity index (χ0v) is 13.8. The first-order chi connectivity index (χ1) is 9.39. The van der Waals surface area contributed by atoms with Crippen LogP contribution in [0.2, 0.25) is 0 Å². The van der Waals surface area contributed by atoms with Crippen LogP contribution in [0, 0.1) is 0 Å². The first-order valence-corrected chi connectivity index (χ1v) is 9.40. The molecular formula is C14H28N2O3S. The van der Waals surface area contributed by atoms with Crippen LogP contribution in [0.4, 0.5) is 0 Å². The van der Waals surface area contributed by atoms with Gasteiger partial charge < -0.3 is 9.80 Å². The van der Waals surface area contributed by atoms with Crippen LogP contribution in [0.5, 0.6) is 0 Å². The van der Waals surface area contributed by atoms with Gasteiger partial charge in [0.2, 0.25) is 5.91 Å². The fraction of sp³-hybridized carbons (Fsp3) is 0.929. The van der Waals surface area contributed by atoms with Crippen LogP contribution in [-0.2, 0) is 14.6 Å². The average Bonchev–Trinajstić information content (AvgIpc) is 2.75. The van der Waals surface area contributed by atoms with Gasteiger partial charge in [0.1, 0.15) is 0 Å². The molecule has 0 spiro atoms. The monoisotopic (exact) mass is 304 g/mol. The predicted molar refractivity (Wildman–Crippen MR) is 81.5 cm³/mol. The number of amides is 1. The van der Waals surface area contributed by atoms with Crippen LogP contribution < -0.4 is 0 Å². The van der Waals surface area contributed by atoms with Crippen molar-refractivity contribution in [2.24, 2.45) is 0 Å². The summed E-state index contributed by atoms with van der Waals surface area (Å²) in [5.41, 5.74) is 0. The third-order valence-corrected chi connectivity index (χ3v) is 5.62. The minimum atomic E-state index is -2.93. The minimum Gasteiger partial charge on any atom is -0.342 e. The van der Waals surface area contributed by atoms with Gasteiger partial charge in [-0.3, -0.25) is 4.79 Å². The maximum Gasteiger partial charge on any atom is 0.223 e. The molecule has 0 N–H and O–H groups in total. The van der Waals surface area contributed by atoms with Gasteiger partial charge in [-0.05, 0) is 32.4 Å². The van der Waals surface area contributed by atoms with Gasteiger partial charge in [0, 0.05) is 26.1 Å². The molecule has 1 rings (SSSR count). The smallest absolute Gasteiger partial charge is 0.223 e. The third kappa shape index (κ3) is 5.40. The topological polar surface area (TPSA) is 57.7 Å². The molecule has 0 aliphatic carbocycles. The molecule has 1 aliphatic heterocycles. The highest BCUT2D eigenvalue weighted by atomic mass is 32.2. The third-order valence-electron chi connectivity index (χ3n) is 3.87. The van der Waals surface area contributed by atoms with Crippen molar-refractivity contribution < 1.29 is 13.2 Å². The molecule has 0 saturated carbocycles. The lowest BCUT2D eigenvalue weighted by Gasteiger charge is -2.26. The molecule has 0 bridgehead atoms. The van der Waals surface area contributed by atoms with Crippen molar-refractivity contribution in [3.8, 4) is 0 Å². The van der Waals surface area contributed by atoms with Crippen molar-refractivity contribution in [3.63, 3.8) is 0 Å². The number of carbonyl (C=O) groups excluding carboxylic acids is 1. The second-order valence-electron chi connectivity index (χ2n) is 5.65. The van der Waals surface area contributed by atoms with E-state index in [4.69, 9.17) is 0 Å². The molecule has 1 amide bonds. The van der Waals surface area contributed by atoms with Gasteiger partial charge in [-0.2, -0.15) is 0 Å². The SMILES string of the molecule is CCCN(CCC)CCC(=O)N(C)C1CCS(=O)(=O)C1. The lowest BCUT2D eigenvalue weighted by Crippen LogP contribution is -2.39. The van der Waals surface area contributed by atoms with E-state index in [1.165, 1.54) is 0 Å². The summed E-state index contributed by atoms with van der Waals surface area (Å²) in [7, 11) is -1.19. The maximum atomic E-state index is 12.2. The van der Waals surface area contributed by atoms with Gasteiger partial charge in [0.05, 0.1) is 11.5 Å². The maximum absolute atomic E-state index is 12.2. The zero-order chi connectivity index (χ0) is 15.2. The van der Waals surface area contributed by atoms with E-state index in [-0.39, 0.29) is 23.5 Å². The van der Waals surface area contributed by atoms with E-state index in [2.05, 4.69) is 18.7 Å². The Hall–Kier alpha value is -0.620. The number of nitrogens with zero attached hydrogens (tertiary/aromatic N) is 2. The number of hydrogen-bond acceptors (Lipinski definition) is 4. The van der Waals surface area contributed by atoms with Crippen LogP contribution in [0.3, 0.4) is 0 Å². The van der Waals surface area contributed by atoms with Gasteiger partial charge in [0.25, 0.3) is 0 Å². The molecule has 1 aliphatic rings. The Balaban J connectivity index is 2.41. The molecular weight excluding hydrogens is 276 g/mol. The van der Waals surface area contributed by atoms with Crippen molar-refractivity contribution in [3.05, 3.63) is 0 Å². The van der Waals surface area contributed by atoms with E-state index < -0.39 is 9.84 Å². The summed E-state index contributed by atoms with van der Waals surface area (Å²) >= 11 is 0. The molecule has 1 fully saturated rings. The summed E-state index contributed by atoms with van der Waals surface area (Å²) in [6.07, 6.45) is 3.24. The van der Waals surface area contributed by atoms with Gasteiger partial charge in [-0.25, -0.2) is 8.42 Å². The Morgan fingerprint density at radius 2 is 1.75 bits per heavy atom. The van der Waals surface area contributed by atoms with Crippen molar-refractivity contribution in [1.82, 2.24) is 9.80 Å². The van der Waals surface area contributed by atoms with E-state index in [0.29, 0.717) is 12.8 Å². The molecule has 1 atom stereocenters. The van der Waals surface area contributed by atoms with E-state index in [9.17, 15) is 13.2 Å². The summed E-state index contributed by atoms with van der Waals surface area (Å²) < 4.78 is 22.9. The van der Waals surface area contributed by atoms with Crippen LogP contribution in [0.1, 0.15) is 39.5 Å². The molecule has 6 heteroatoms. The first kappa shape index (κ1) is 17.4. The van der Waals surface area contributed by atoms with Crippen molar-refractivity contribution in [2.75, 3.05) is 38.2 Å². The van der Waals surface area contributed by atoms with Crippen LogP contribution >= 0.6 is 0 Å². The Morgan fingerprint density at radius 3 is 2.20 bits per heavy atom. The fourth-order valence-corrected chi connectivity index (χ4v) is 4.46. The summed E-state index contributed by atoms with van der Waals surface area (Å²) in [4.78, 5) is 16.1. The highest BCUT2D eigenvalue weighted by molar-refractivity contribution is 7.91. The molecule has 20 heavy (non-hydrogen) atoms. The molecule has 1 saturated heterocycles. The molecule has 5 nitrogen and oxygen atoms in total. The van der Waals surface area contributed by atoms with Gasteiger partial charge in [-0.15, -0.1) is 0 Å². The molecule has 0 aromatic carbocycles. The molecule has 0 radical (unpaired) electrons. The Kier molecular flexibility index (Phi) is 6.95. The number of carbonyl (C=O) groups is 1. The zero-order valence-electron chi connectivity index (χ0n) is 13.0. The second-order valence-corrected chi connectivity index (χ2v) is 7.88. The quantitative estimate of drug-likeness (QED) is 0.675. The summed E-state index contributed by atoms with van der Waals surface area (Å²) in [5, 5.41) is 0. The Morgan fingerprint density at radius 1 is 1.15 bits per heavy atom. The van der Waals surface area contributed by atoms with Gasteiger partial charge in [0.15, 0.2) is 9.84 Å². The Bertz CT molecular complexity index is 403. The molecule has 1 unspecified atom stereocenters. The van der Waals surface area contributed by atoms with Crippen molar-refractivity contribution >= 4 is 15.7 Å². The molecule has 0 aromatic heterocycles. The lowest BCUT2D eigenvalue weighted by atomic mass is 10.2. The Labute approximate surface area is 123 Å². The largest absolute Gasteiger partial charge is 0.342 e. The van der Waals surface area contributed by atoms with Crippen LogP contribution in [0.25, 0.3) is 0 Å². The second kappa shape index (κ2) is 7.98. The summed E-state index contributed by atoms with van der Waals surface area (Å²) in [6.45, 7) is 7.08. The van der Waals surface area contributed by atoms with E-state index >= 15 is 0 Å². The van der Waals surface area contributed by atoms with Crippen molar-refractivity contribution in [2.45, 2.75) is 45.6 Å². The summed E-state index contributed by atoms with van der Waals surface area (Å²) in [6, 6.07) is -0.127. The van der Waals surface area contributed by atoms with E-state index in [1.54, 1.807) is 11.9 Å². The summed E-state index contributed by atoms with van der Waals surface area (Å²) in [5.74, 6) is 0.403. The highest BCUT2D eigenvalue weighted by Gasteiger charge is 2.32. The van der Waals surface area contributed by atoms with Crippen LogP contribution in [0.15, 0.2) is 0 Å². The van der Waals surface area contributed by atoms with E-state index in [1.807, 2.05) is 0 Å².